The van der Waals surface area contributed by atoms with Gasteiger partial charge in [0.1, 0.15) is 0 Å². The molecule has 0 fully saturated rings. The Morgan fingerprint density at radius 3 is 2.89 bits per heavy atom. The predicted octanol–water partition coefficient (Wildman–Crippen LogP) is 0.702. The fourth-order valence-electron chi connectivity index (χ4n) is 1.67. The molecular weight excluding hydrogens is 250 g/mol. The van der Waals surface area contributed by atoms with Crippen LogP contribution in [0.15, 0.2) is 24.4 Å². The first-order chi connectivity index (χ1) is 9.13. The van der Waals surface area contributed by atoms with Gasteiger partial charge in [0, 0.05) is 12.6 Å². The highest BCUT2D eigenvalue weighted by atomic mass is 16.6. The lowest BCUT2D eigenvalue weighted by Gasteiger charge is -2.04. The van der Waals surface area contributed by atoms with Gasteiger partial charge in [-0.2, -0.15) is 0 Å². The van der Waals surface area contributed by atoms with Crippen LogP contribution >= 0.6 is 0 Å². The van der Waals surface area contributed by atoms with Gasteiger partial charge in [0.25, 0.3) is 0 Å². The number of methoxy groups -OCH3 is 1. The van der Waals surface area contributed by atoms with Crippen LogP contribution in [-0.4, -0.2) is 27.0 Å². The number of hydrogen-bond acceptors (Lipinski definition) is 6. The minimum Gasteiger partial charge on any atom is -0.490 e. The number of rotatable bonds is 5. The molecule has 0 saturated carbocycles. The van der Waals surface area contributed by atoms with Gasteiger partial charge in [-0.3, -0.25) is 10.1 Å². The fraction of sp³-hybridized carbons (Fsp3) is 0.273. The summed E-state index contributed by atoms with van der Waals surface area (Å²) < 4.78 is 6.52. The maximum absolute atomic E-state index is 10.9. The topological polar surface area (TPSA) is 109 Å². The second-order valence-corrected chi connectivity index (χ2v) is 3.87. The molecule has 2 aromatic rings. The zero-order valence-electron chi connectivity index (χ0n) is 10.3. The molecule has 1 aromatic heterocycles. The maximum Gasteiger partial charge on any atom is 0.311 e. The van der Waals surface area contributed by atoms with E-state index in [9.17, 15) is 10.1 Å². The van der Waals surface area contributed by atoms with Crippen LogP contribution in [0.3, 0.4) is 0 Å². The molecule has 2 N–H and O–H groups in total. The van der Waals surface area contributed by atoms with E-state index >= 15 is 0 Å². The first-order valence-electron chi connectivity index (χ1n) is 5.54. The van der Waals surface area contributed by atoms with Crippen LogP contribution in [0.5, 0.6) is 5.75 Å². The van der Waals surface area contributed by atoms with Crippen molar-refractivity contribution >= 4 is 5.69 Å². The largest absolute Gasteiger partial charge is 0.490 e. The number of nitro groups is 1. The Morgan fingerprint density at radius 2 is 2.32 bits per heavy atom. The third kappa shape index (κ3) is 2.86. The molecule has 0 saturated heterocycles. The maximum atomic E-state index is 10.9. The molecule has 0 aliphatic heterocycles. The molecule has 0 spiro atoms. The molecule has 0 bridgehead atoms. The second-order valence-electron chi connectivity index (χ2n) is 3.87. The number of hydrogen-bond donors (Lipinski definition) is 1. The van der Waals surface area contributed by atoms with Crippen molar-refractivity contribution < 1.29 is 9.66 Å². The third-order valence-corrected chi connectivity index (χ3v) is 2.58. The first kappa shape index (κ1) is 13.0. The second kappa shape index (κ2) is 5.44. The Balaban J connectivity index is 2.25. The molecule has 0 aliphatic rings. The lowest BCUT2D eigenvalue weighted by Crippen LogP contribution is -2.02. The highest BCUT2D eigenvalue weighted by Crippen LogP contribution is 2.27. The summed E-state index contributed by atoms with van der Waals surface area (Å²) in [6, 6.07) is 4.77. The van der Waals surface area contributed by atoms with Crippen LogP contribution < -0.4 is 10.5 Å². The zero-order chi connectivity index (χ0) is 13.8. The average molecular weight is 263 g/mol. The van der Waals surface area contributed by atoms with Gasteiger partial charge in [0.2, 0.25) is 0 Å². The summed E-state index contributed by atoms with van der Waals surface area (Å²) in [5, 5.41) is 18.6. The van der Waals surface area contributed by atoms with Crippen LogP contribution in [0.2, 0.25) is 0 Å². The molecule has 1 aromatic carbocycles. The molecule has 0 amide bonds. The summed E-state index contributed by atoms with van der Waals surface area (Å²) in [5.74, 6) is 0.231. The smallest absolute Gasteiger partial charge is 0.311 e. The Labute approximate surface area is 108 Å². The van der Waals surface area contributed by atoms with Gasteiger partial charge in [0.15, 0.2) is 5.75 Å². The standard InChI is InChI=1S/C11H13N5O3/c1-19-11-3-2-8(4-10(11)16(17)18)6-15-7-9(5-12)13-14-15/h2-4,7H,5-6,12H2,1H3. The van der Waals surface area contributed by atoms with Gasteiger partial charge >= 0.3 is 5.69 Å². The van der Waals surface area contributed by atoms with Crippen LogP contribution in [0.25, 0.3) is 0 Å². The third-order valence-electron chi connectivity index (χ3n) is 2.58. The molecule has 2 rings (SSSR count). The van der Waals surface area contributed by atoms with E-state index < -0.39 is 4.92 Å². The van der Waals surface area contributed by atoms with Gasteiger partial charge in [0.05, 0.1) is 30.5 Å². The first-order valence-corrected chi connectivity index (χ1v) is 5.54. The Hall–Kier alpha value is -2.48. The average Bonchev–Trinajstić information content (AvgIpc) is 2.86. The lowest BCUT2D eigenvalue weighted by molar-refractivity contribution is -0.385. The van der Waals surface area contributed by atoms with Crippen molar-refractivity contribution in [2.45, 2.75) is 13.1 Å². The van der Waals surface area contributed by atoms with Gasteiger partial charge in [-0.25, -0.2) is 4.68 Å². The van der Waals surface area contributed by atoms with E-state index in [4.69, 9.17) is 10.5 Å². The summed E-state index contributed by atoms with van der Waals surface area (Å²) in [4.78, 5) is 10.4. The molecule has 8 nitrogen and oxygen atoms in total. The van der Waals surface area contributed by atoms with Crippen molar-refractivity contribution in [1.29, 1.82) is 0 Å². The van der Waals surface area contributed by atoms with E-state index in [0.29, 0.717) is 18.8 Å². The summed E-state index contributed by atoms with van der Waals surface area (Å²) in [5.41, 5.74) is 6.77. The van der Waals surface area contributed by atoms with E-state index in [-0.39, 0.29) is 11.4 Å². The zero-order valence-corrected chi connectivity index (χ0v) is 10.3. The van der Waals surface area contributed by atoms with Gasteiger partial charge < -0.3 is 10.5 Å². The van der Waals surface area contributed by atoms with Crippen LogP contribution in [0, 0.1) is 10.1 Å². The van der Waals surface area contributed by atoms with E-state index in [2.05, 4.69) is 10.3 Å². The summed E-state index contributed by atoms with van der Waals surface area (Å²) in [6.07, 6.45) is 1.70. The van der Waals surface area contributed by atoms with Crippen molar-refractivity contribution in [2.75, 3.05) is 7.11 Å². The number of nitrogens with two attached hydrogens (primary N) is 1. The van der Waals surface area contributed by atoms with Gasteiger partial charge in [-0.15, -0.1) is 5.10 Å². The van der Waals surface area contributed by atoms with Crippen molar-refractivity contribution in [1.82, 2.24) is 15.0 Å². The van der Waals surface area contributed by atoms with E-state index in [1.165, 1.54) is 13.2 Å². The molecule has 19 heavy (non-hydrogen) atoms. The van der Waals surface area contributed by atoms with Gasteiger partial charge in [-0.05, 0) is 11.6 Å². The lowest BCUT2D eigenvalue weighted by atomic mass is 10.2. The van der Waals surface area contributed by atoms with Crippen LogP contribution in [-0.2, 0) is 13.1 Å². The molecule has 8 heteroatoms. The van der Waals surface area contributed by atoms with E-state index in [1.54, 1.807) is 23.0 Å². The number of ether oxygens (including phenoxy) is 1. The van der Waals surface area contributed by atoms with Crippen molar-refractivity contribution in [3.63, 3.8) is 0 Å². The fourth-order valence-corrected chi connectivity index (χ4v) is 1.67. The minimum atomic E-state index is -0.477. The molecule has 0 atom stereocenters. The molecule has 0 unspecified atom stereocenters. The molecule has 100 valence electrons. The molecule has 1 heterocycles. The highest BCUT2D eigenvalue weighted by Gasteiger charge is 2.15. The number of aromatic nitrogens is 3. The summed E-state index contributed by atoms with van der Waals surface area (Å²) in [6.45, 7) is 0.695. The van der Waals surface area contributed by atoms with Crippen molar-refractivity contribution in [3.05, 3.63) is 45.8 Å². The highest BCUT2D eigenvalue weighted by molar-refractivity contribution is 5.48. The van der Waals surface area contributed by atoms with E-state index in [0.717, 1.165) is 5.56 Å². The Bertz CT molecular complexity index is 596. The van der Waals surface area contributed by atoms with E-state index in [1.807, 2.05) is 0 Å². The van der Waals surface area contributed by atoms with Crippen LogP contribution in [0.4, 0.5) is 5.69 Å². The number of nitro benzene ring substituents is 1. The predicted molar refractivity (Wildman–Crippen MR) is 66.7 cm³/mol. The quantitative estimate of drug-likeness (QED) is 0.628. The normalized spacial score (nSPS) is 10.4. The Kier molecular flexibility index (Phi) is 3.71. The van der Waals surface area contributed by atoms with Crippen molar-refractivity contribution in [2.24, 2.45) is 5.73 Å². The number of benzene rings is 1. The van der Waals surface area contributed by atoms with Gasteiger partial charge in [-0.1, -0.05) is 11.3 Å². The summed E-state index contributed by atoms with van der Waals surface area (Å²) >= 11 is 0. The molecular formula is C11H13N5O3. The number of nitrogens with zero attached hydrogens (tertiary/aromatic N) is 4. The Morgan fingerprint density at radius 1 is 1.53 bits per heavy atom. The monoisotopic (exact) mass is 263 g/mol. The minimum absolute atomic E-state index is 0.0702. The van der Waals surface area contributed by atoms with Crippen LogP contribution in [0.1, 0.15) is 11.3 Å². The SMILES string of the molecule is COc1ccc(Cn2cc(CN)nn2)cc1[N+](=O)[O-]. The van der Waals surface area contributed by atoms with Crippen molar-refractivity contribution in [3.8, 4) is 5.75 Å². The molecule has 0 radical (unpaired) electrons. The molecule has 0 aliphatic carbocycles. The summed E-state index contributed by atoms with van der Waals surface area (Å²) in [7, 11) is 1.40.